The molecule has 0 bridgehead atoms. The van der Waals surface area contributed by atoms with Crippen LogP contribution >= 0.6 is 11.3 Å². The predicted octanol–water partition coefficient (Wildman–Crippen LogP) is 0.349. The second-order valence-corrected chi connectivity index (χ2v) is 4.77. The monoisotopic (exact) mass is 301 g/mol. The van der Waals surface area contributed by atoms with Crippen molar-refractivity contribution in [3.8, 4) is 0 Å². The topological polar surface area (TPSA) is 118 Å². The molecule has 0 aliphatic heterocycles. The van der Waals surface area contributed by atoms with Gasteiger partial charge in [0.25, 0.3) is 0 Å². The first-order chi connectivity index (χ1) is 9.52. The van der Waals surface area contributed by atoms with Gasteiger partial charge in [0, 0.05) is 17.5 Å². The molecule has 20 heavy (non-hydrogen) atoms. The first-order valence-corrected chi connectivity index (χ1v) is 6.62. The van der Waals surface area contributed by atoms with Crippen molar-refractivity contribution < 1.29 is 24.2 Å². The third kappa shape index (κ3) is 5.65. The van der Waals surface area contributed by atoms with Crippen LogP contribution in [0.25, 0.3) is 0 Å². The van der Waals surface area contributed by atoms with Crippen molar-refractivity contribution >= 4 is 29.3 Å². The van der Waals surface area contributed by atoms with Gasteiger partial charge in [-0.1, -0.05) is 0 Å². The van der Waals surface area contributed by atoms with Gasteiger partial charge >= 0.3 is 18.0 Å². The molecule has 0 aliphatic rings. The molecule has 2 amide bonds. The Bertz CT molecular complexity index is 463. The van der Waals surface area contributed by atoms with E-state index in [-0.39, 0.29) is 19.4 Å². The number of urea groups is 1. The standard InChI is InChI=1S/C11H15N3O5S/c1-19-9(15)3-2-8(10(16)17)14-11(18)13-5-7-4-12-6-20-7/h4,6,8H,2-3,5H2,1H3,(H,16,17)(H2,13,14,18)/t8-/m0/s1. The van der Waals surface area contributed by atoms with E-state index < -0.39 is 24.0 Å². The SMILES string of the molecule is COC(=O)CC[C@H](NC(=O)NCc1cncs1)C(=O)O. The molecular formula is C11H15N3O5S. The van der Waals surface area contributed by atoms with E-state index in [1.807, 2.05) is 0 Å². The third-order valence-electron chi connectivity index (χ3n) is 2.37. The van der Waals surface area contributed by atoms with Crippen molar-refractivity contribution in [1.82, 2.24) is 15.6 Å². The largest absolute Gasteiger partial charge is 0.480 e. The number of amides is 2. The molecule has 0 unspecified atom stereocenters. The fourth-order valence-electron chi connectivity index (χ4n) is 1.33. The minimum absolute atomic E-state index is 0.0318. The molecular weight excluding hydrogens is 286 g/mol. The van der Waals surface area contributed by atoms with Crippen molar-refractivity contribution in [2.24, 2.45) is 0 Å². The lowest BCUT2D eigenvalue weighted by Crippen LogP contribution is -2.45. The fourth-order valence-corrected chi connectivity index (χ4v) is 1.86. The number of hydrogen-bond acceptors (Lipinski definition) is 6. The summed E-state index contributed by atoms with van der Waals surface area (Å²) in [4.78, 5) is 38.2. The number of nitrogens with one attached hydrogen (secondary N) is 2. The normalized spacial score (nSPS) is 11.4. The average Bonchev–Trinajstić information content (AvgIpc) is 2.93. The Morgan fingerprint density at radius 1 is 1.50 bits per heavy atom. The van der Waals surface area contributed by atoms with E-state index >= 15 is 0 Å². The van der Waals surface area contributed by atoms with Gasteiger partial charge in [0.1, 0.15) is 6.04 Å². The van der Waals surface area contributed by atoms with Crippen LogP contribution in [-0.4, -0.2) is 41.2 Å². The highest BCUT2D eigenvalue weighted by atomic mass is 32.1. The van der Waals surface area contributed by atoms with Crippen molar-refractivity contribution in [3.05, 3.63) is 16.6 Å². The molecule has 110 valence electrons. The van der Waals surface area contributed by atoms with Crippen molar-refractivity contribution in [2.75, 3.05) is 7.11 Å². The zero-order valence-electron chi connectivity index (χ0n) is 10.8. The highest BCUT2D eigenvalue weighted by Crippen LogP contribution is 2.04. The molecule has 0 radical (unpaired) electrons. The summed E-state index contributed by atoms with van der Waals surface area (Å²) in [6.07, 6.45) is 1.50. The Morgan fingerprint density at radius 2 is 2.25 bits per heavy atom. The first-order valence-electron chi connectivity index (χ1n) is 5.74. The van der Waals surface area contributed by atoms with Gasteiger partial charge in [-0.25, -0.2) is 9.59 Å². The van der Waals surface area contributed by atoms with Crippen LogP contribution in [0.2, 0.25) is 0 Å². The van der Waals surface area contributed by atoms with Crippen molar-refractivity contribution in [2.45, 2.75) is 25.4 Å². The summed E-state index contributed by atoms with van der Waals surface area (Å²) >= 11 is 1.38. The zero-order chi connectivity index (χ0) is 15.0. The number of hydrogen-bond donors (Lipinski definition) is 3. The molecule has 0 saturated heterocycles. The maximum absolute atomic E-state index is 11.5. The molecule has 1 aromatic rings. The second kappa shape index (κ2) is 8.10. The Hall–Kier alpha value is -2.16. The summed E-state index contributed by atoms with van der Waals surface area (Å²) in [5.74, 6) is -1.73. The van der Waals surface area contributed by atoms with Crippen LogP contribution in [0.15, 0.2) is 11.7 Å². The van der Waals surface area contributed by atoms with Gasteiger partial charge in [0.05, 0.1) is 19.2 Å². The number of nitrogens with zero attached hydrogens (tertiary/aromatic N) is 1. The molecule has 9 heteroatoms. The number of esters is 1. The van der Waals surface area contributed by atoms with Gasteiger partial charge < -0.3 is 20.5 Å². The third-order valence-corrected chi connectivity index (χ3v) is 3.15. The molecule has 8 nitrogen and oxygen atoms in total. The van der Waals surface area contributed by atoms with Crippen LogP contribution in [0.4, 0.5) is 4.79 Å². The predicted molar refractivity (Wildman–Crippen MR) is 70.2 cm³/mol. The summed E-state index contributed by atoms with van der Waals surface area (Å²) in [7, 11) is 1.22. The van der Waals surface area contributed by atoms with E-state index in [0.29, 0.717) is 0 Å². The minimum Gasteiger partial charge on any atom is -0.480 e. The maximum Gasteiger partial charge on any atom is 0.326 e. The Kier molecular flexibility index (Phi) is 6.44. The summed E-state index contributed by atoms with van der Waals surface area (Å²) in [5, 5.41) is 13.8. The molecule has 0 fully saturated rings. The molecule has 1 rings (SSSR count). The fraction of sp³-hybridized carbons (Fsp3) is 0.455. The number of carboxylic acid groups (broad SMARTS) is 1. The van der Waals surface area contributed by atoms with Gasteiger partial charge in [-0.05, 0) is 6.42 Å². The van der Waals surface area contributed by atoms with E-state index in [4.69, 9.17) is 5.11 Å². The molecule has 0 aliphatic carbocycles. The smallest absolute Gasteiger partial charge is 0.326 e. The van der Waals surface area contributed by atoms with Crippen LogP contribution in [-0.2, 0) is 20.9 Å². The number of aromatic nitrogens is 1. The minimum atomic E-state index is -1.21. The number of thiazole rings is 1. The Labute approximate surface area is 119 Å². The lowest BCUT2D eigenvalue weighted by Gasteiger charge is -2.14. The number of carbonyl (C=O) groups excluding carboxylic acids is 2. The summed E-state index contributed by atoms with van der Waals surface area (Å²) in [6.45, 7) is 0.264. The second-order valence-electron chi connectivity index (χ2n) is 3.80. The quantitative estimate of drug-likeness (QED) is 0.625. The molecule has 1 atom stereocenters. The Balaban J connectivity index is 2.38. The lowest BCUT2D eigenvalue weighted by atomic mass is 10.1. The van der Waals surface area contributed by atoms with Gasteiger partial charge in [0.15, 0.2) is 0 Å². The first kappa shape index (κ1) is 15.9. The van der Waals surface area contributed by atoms with E-state index in [2.05, 4.69) is 20.4 Å². The molecule has 0 spiro atoms. The molecule has 1 aromatic heterocycles. The van der Waals surface area contributed by atoms with Crippen LogP contribution in [0.1, 0.15) is 17.7 Å². The number of carboxylic acids is 1. The maximum atomic E-state index is 11.5. The van der Waals surface area contributed by atoms with Crippen LogP contribution in [0, 0.1) is 0 Å². The summed E-state index contributed by atoms with van der Waals surface area (Å²) in [5.41, 5.74) is 1.63. The van der Waals surface area contributed by atoms with E-state index in [1.54, 1.807) is 11.7 Å². The van der Waals surface area contributed by atoms with Crippen LogP contribution in [0.3, 0.4) is 0 Å². The number of ether oxygens (including phenoxy) is 1. The number of carbonyl (C=O) groups is 3. The number of methoxy groups -OCH3 is 1. The summed E-state index contributed by atoms with van der Waals surface area (Å²) in [6, 6.07) is -1.76. The van der Waals surface area contributed by atoms with Crippen molar-refractivity contribution in [3.63, 3.8) is 0 Å². The number of rotatable bonds is 7. The highest BCUT2D eigenvalue weighted by molar-refractivity contribution is 7.09. The van der Waals surface area contributed by atoms with Crippen LogP contribution in [0.5, 0.6) is 0 Å². The summed E-state index contributed by atoms with van der Waals surface area (Å²) < 4.78 is 4.42. The van der Waals surface area contributed by atoms with E-state index in [9.17, 15) is 14.4 Å². The Morgan fingerprint density at radius 3 is 2.80 bits per heavy atom. The van der Waals surface area contributed by atoms with Crippen molar-refractivity contribution in [1.29, 1.82) is 0 Å². The molecule has 0 saturated carbocycles. The van der Waals surface area contributed by atoms with Gasteiger partial charge in [0.2, 0.25) is 0 Å². The highest BCUT2D eigenvalue weighted by Gasteiger charge is 2.21. The van der Waals surface area contributed by atoms with Gasteiger partial charge in [-0.3, -0.25) is 9.78 Å². The lowest BCUT2D eigenvalue weighted by molar-refractivity contribution is -0.142. The number of aliphatic carboxylic acids is 1. The molecule has 0 aromatic carbocycles. The molecule has 3 N–H and O–H groups in total. The van der Waals surface area contributed by atoms with Gasteiger partial charge in [-0.15, -0.1) is 11.3 Å². The van der Waals surface area contributed by atoms with Gasteiger partial charge in [-0.2, -0.15) is 0 Å². The molecule has 1 heterocycles. The average molecular weight is 301 g/mol. The zero-order valence-corrected chi connectivity index (χ0v) is 11.6. The van der Waals surface area contributed by atoms with Crippen LogP contribution < -0.4 is 10.6 Å². The van der Waals surface area contributed by atoms with E-state index in [0.717, 1.165) is 4.88 Å². The van der Waals surface area contributed by atoms with E-state index in [1.165, 1.54) is 18.4 Å².